The van der Waals surface area contributed by atoms with Crippen molar-refractivity contribution in [3.8, 4) is 0 Å². The topological polar surface area (TPSA) is 36.2 Å². The molecule has 0 aromatic carbocycles. The first-order valence-electron chi connectivity index (χ1n) is 0.815. The molecule has 2 nitrogen and oxygen atoms in total. The second-order valence-electron chi connectivity index (χ2n) is 0.278. The molecule has 0 unspecified atom stereocenters. The fourth-order valence-electron chi connectivity index (χ4n) is 0. The zero-order valence-electron chi connectivity index (χ0n) is 2.10. The van der Waals surface area contributed by atoms with Crippen LogP contribution in [0.5, 0.6) is 0 Å². The van der Waals surface area contributed by atoms with Gasteiger partial charge in [-0.25, -0.2) is 5.53 Å². The predicted octanol–water partition coefficient (Wildman–Crippen LogP) is -0.280. The summed E-state index contributed by atoms with van der Waals surface area (Å²) in [6, 6.07) is 0. The molecule has 0 saturated carbocycles. The van der Waals surface area contributed by atoms with Gasteiger partial charge in [0.25, 0.3) is 0 Å². The van der Waals surface area contributed by atoms with E-state index in [1.54, 1.807) is 0 Å². The Bertz CT molecular complexity index is 18.0. The van der Waals surface area contributed by atoms with Gasteiger partial charge in [0.15, 0.2) is 0 Å². The number of rotatable bonds is 1. The third-order valence-electron chi connectivity index (χ3n) is 0.0745. The van der Waals surface area contributed by atoms with E-state index in [9.17, 15) is 0 Å². The average molecular weight is 50.6 g/mol. The highest BCUT2D eigenvalue weighted by atomic mass is 14.9. The highest BCUT2D eigenvalue weighted by Gasteiger charge is 1.55. The minimum absolute atomic E-state index is 0.917. The van der Waals surface area contributed by atoms with Crippen LogP contribution in [0.25, 0.3) is 0 Å². The maximum Gasteiger partial charge on any atom is 0.244 e. The molecule has 17 valence electrons. The lowest BCUT2D eigenvalue weighted by Gasteiger charge is -1.53. The Kier molecular flexibility index (Phi) is 2.55. The lowest BCUT2D eigenvalue weighted by atomic mass is 9.69. The van der Waals surface area contributed by atoms with Crippen LogP contribution < -0.4 is 0 Å². The lowest BCUT2D eigenvalue weighted by molar-refractivity contribution is 1.24. The van der Waals surface area contributed by atoms with E-state index in [0.29, 0.717) is 0 Å². The summed E-state index contributed by atoms with van der Waals surface area (Å²) in [7, 11) is 5.47. The van der Waals surface area contributed by atoms with Gasteiger partial charge in [0, 0.05) is 0 Å². The molecule has 4 heavy (non-hydrogen) atoms. The van der Waals surface area contributed by atoms with E-state index in [2.05, 4.69) is 12.8 Å². The first-order chi connectivity index (χ1) is 1.91. The van der Waals surface area contributed by atoms with Crippen LogP contribution >= 0.6 is 0 Å². The van der Waals surface area contributed by atoms with Crippen LogP contribution in [0.3, 0.4) is 0 Å². The van der Waals surface area contributed by atoms with Gasteiger partial charge in [-0.15, -0.1) is 0 Å². The predicted molar refractivity (Wildman–Crippen MR) is 16.7 cm³/mol. The van der Waals surface area contributed by atoms with Crippen molar-refractivity contribution < 1.29 is 0 Å². The molecule has 3 radical (unpaired) electrons. The molecule has 0 saturated heterocycles. The second kappa shape index (κ2) is 2.73. The van der Waals surface area contributed by atoms with E-state index < -0.39 is 0 Å². The van der Waals surface area contributed by atoms with Gasteiger partial charge in [0.05, 0.1) is 7.74 Å². The molecule has 4 heteroatoms. The number of hydrogen-bond donors (Lipinski definition) is 1. The van der Waals surface area contributed by atoms with Crippen LogP contribution in [0.4, 0.5) is 0 Å². The molecule has 0 spiro atoms. The molecule has 1 N–H and O–H groups in total. The molecule has 0 atom stereocenters. The minimum atomic E-state index is 0.917. The van der Waals surface area contributed by atoms with Crippen molar-refractivity contribution in [2.24, 2.45) is 5.03 Å². The van der Waals surface area contributed by atoms with Crippen molar-refractivity contribution in [3.05, 3.63) is 0 Å². The highest BCUT2D eigenvalue weighted by molar-refractivity contribution is 6.88. The number of nitrogens with one attached hydrogen (secondary N) is 1. The van der Waals surface area contributed by atoms with Crippen molar-refractivity contribution >= 4 is 15.0 Å². The SMILES string of the molecule is [B][B]N=N. The Morgan fingerprint density at radius 1 is 2.00 bits per heavy atom. The van der Waals surface area contributed by atoms with Gasteiger partial charge in [-0.3, -0.25) is 5.03 Å². The van der Waals surface area contributed by atoms with Crippen molar-refractivity contribution in [3.63, 3.8) is 0 Å². The van der Waals surface area contributed by atoms with Crippen LogP contribution in [0.1, 0.15) is 0 Å². The molecule has 0 aromatic heterocycles. The van der Waals surface area contributed by atoms with Crippen LogP contribution in [0.2, 0.25) is 0 Å². The molecule has 0 aliphatic heterocycles. The normalized spacial score (nSPS) is 5.00. The van der Waals surface area contributed by atoms with E-state index >= 15 is 0 Å². The number of nitrogens with zero attached hydrogens (tertiary/aromatic N) is 1. The fraction of sp³-hybridized carbons (Fsp3) is 0. The monoisotopic (exact) mass is 51.0 g/mol. The first kappa shape index (κ1) is 3.73. The average Bonchev–Trinajstić information content (AvgIpc) is 1.37. The summed E-state index contributed by atoms with van der Waals surface area (Å²) < 4.78 is 0. The van der Waals surface area contributed by atoms with Gasteiger partial charge in [-0.05, 0) is 0 Å². The third kappa shape index (κ3) is 1.73. The molecule has 0 aliphatic carbocycles. The third-order valence-corrected chi connectivity index (χ3v) is 0.0745. The molecule has 0 aromatic rings. The smallest absolute Gasteiger partial charge is 0.244 e. The van der Waals surface area contributed by atoms with Crippen molar-refractivity contribution in [1.82, 2.24) is 0 Å². The molecule has 0 aliphatic rings. The molecular weight excluding hydrogens is 49.6 g/mol. The second-order valence-corrected chi connectivity index (χ2v) is 0.278. The van der Waals surface area contributed by atoms with E-state index in [0.717, 1.165) is 7.31 Å². The summed E-state index contributed by atoms with van der Waals surface area (Å²) in [5, 5.41) is 2.64. The summed E-state index contributed by atoms with van der Waals surface area (Å²) in [5.74, 6) is 0. The number of hydrogen-bond acceptors (Lipinski definition) is 2. The van der Waals surface area contributed by atoms with E-state index in [4.69, 9.17) is 5.53 Å². The Balaban J connectivity index is 2.30. The van der Waals surface area contributed by atoms with E-state index in [1.807, 2.05) is 0 Å². The molecule has 0 fully saturated rings. The first-order valence-corrected chi connectivity index (χ1v) is 0.815. The quantitative estimate of drug-likeness (QED) is 0.314. The van der Waals surface area contributed by atoms with Gasteiger partial charge in [-0.2, -0.15) is 0 Å². The summed E-state index contributed by atoms with van der Waals surface area (Å²) >= 11 is 0. The van der Waals surface area contributed by atoms with Gasteiger partial charge >= 0.3 is 0 Å². The van der Waals surface area contributed by atoms with Gasteiger partial charge in [0.1, 0.15) is 0 Å². The Morgan fingerprint density at radius 2 is 2.25 bits per heavy atom. The Labute approximate surface area is 26.8 Å². The molecule has 0 heterocycles. The van der Waals surface area contributed by atoms with E-state index in [1.165, 1.54) is 0 Å². The van der Waals surface area contributed by atoms with Crippen molar-refractivity contribution in [2.45, 2.75) is 0 Å². The maximum absolute atomic E-state index is 5.90. The van der Waals surface area contributed by atoms with Crippen LogP contribution in [-0.2, 0) is 0 Å². The zero-order chi connectivity index (χ0) is 3.41. The standard InChI is InChI=1S/B2HN2/c1-2-4-3/h3H. The summed E-state index contributed by atoms with van der Waals surface area (Å²) in [6.07, 6.45) is 0. The Hall–Kier alpha value is -0.270. The molecule has 0 rings (SSSR count). The van der Waals surface area contributed by atoms with Gasteiger partial charge in [0.2, 0.25) is 7.31 Å². The van der Waals surface area contributed by atoms with Crippen molar-refractivity contribution in [2.75, 3.05) is 0 Å². The lowest BCUT2D eigenvalue weighted by Crippen LogP contribution is -1.73. The molecular formula is HB2N2. The highest BCUT2D eigenvalue weighted by Crippen LogP contribution is 1.39. The largest absolute Gasteiger partial charge is 0.281 e. The van der Waals surface area contributed by atoms with Gasteiger partial charge < -0.3 is 0 Å². The zero-order valence-corrected chi connectivity index (χ0v) is 2.10. The van der Waals surface area contributed by atoms with Crippen LogP contribution in [0, 0.1) is 5.53 Å². The van der Waals surface area contributed by atoms with Gasteiger partial charge in [-0.1, -0.05) is 0 Å². The van der Waals surface area contributed by atoms with Crippen LogP contribution in [-0.4, -0.2) is 15.0 Å². The fourth-order valence-corrected chi connectivity index (χ4v) is 0. The Morgan fingerprint density at radius 3 is 2.25 bits per heavy atom. The van der Waals surface area contributed by atoms with Crippen LogP contribution in [0.15, 0.2) is 5.03 Å². The minimum Gasteiger partial charge on any atom is -0.281 e. The van der Waals surface area contributed by atoms with E-state index in [-0.39, 0.29) is 0 Å². The summed E-state index contributed by atoms with van der Waals surface area (Å²) in [5.41, 5.74) is 5.90. The molecule has 0 bridgehead atoms. The molecule has 0 amide bonds. The van der Waals surface area contributed by atoms with Crippen molar-refractivity contribution in [1.29, 1.82) is 5.53 Å². The summed E-state index contributed by atoms with van der Waals surface area (Å²) in [6.45, 7) is 0. The maximum atomic E-state index is 5.90. The summed E-state index contributed by atoms with van der Waals surface area (Å²) in [4.78, 5) is 0.